The van der Waals surface area contributed by atoms with Gasteiger partial charge in [-0.2, -0.15) is 0 Å². The van der Waals surface area contributed by atoms with Crippen LogP contribution in [0.25, 0.3) is 0 Å². The Labute approximate surface area is 119 Å². The highest BCUT2D eigenvalue weighted by atomic mass is 16.5. The third kappa shape index (κ3) is 3.96. The van der Waals surface area contributed by atoms with Crippen LogP contribution in [0, 0.1) is 0 Å². The van der Waals surface area contributed by atoms with Crippen molar-refractivity contribution in [1.82, 2.24) is 4.98 Å². The molecule has 4 nitrogen and oxygen atoms in total. The average molecular weight is 273 g/mol. The number of aromatic nitrogens is 1. The molecule has 1 aromatic heterocycles. The van der Waals surface area contributed by atoms with E-state index in [1.807, 2.05) is 24.3 Å². The Morgan fingerprint density at radius 2 is 1.70 bits per heavy atom. The molecule has 106 valence electrons. The molecule has 0 saturated heterocycles. The van der Waals surface area contributed by atoms with E-state index in [9.17, 15) is 5.11 Å². The van der Waals surface area contributed by atoms with Crippen LogP contribution in [0.3, 0.4) is 0 Å². The summed E-state index contributed by atoms with van der Waals surface area (Å²) in [6.07, 6.45) is 2.02. The number of rotatable bonds is 6. The molecule has 1 N–H and O–H groups in total. The fraction of sp³-hybridized carbons (Fsp3) is 0.312. The van der Waals surface area contributed by atoms with Crippen LogP contribution in [0.1, 0.15) is 32.1 Å². The van der Waals surface area contributed by atoms with Crippen LogP contribution in [0.5, 0.6) is 17.2 Å². The third-order valence-electron chi connectivity index (χ3n) is 2.72. The molecule has 0 aliphatic heterocycles. The molecule has 0 unspecified atom stereocenters. The predicted octanol–water partition coefficient (Wildman–Crippen LogP) is 3.72. The monoisotopic (exact) mass is 273 g/mol. The summed E-state index contributed by atoms with van der Waals surface area (Å²) in [7, 11) is 0. The molecular weight excluding hydrogens is 254 g/mol. The molecule has 1 aromatic carbocycles. The number of ether oxygens (including phenoxy) is 2. The Bertz CT molecular complexity index is 520. The molecule has 0 aliphatic rings. The van der Waals surface area contributed by atoms with Crippen LogP contribution in [-0.4, -0.2) is 16.7 Å². The van der Waals surface area contributed by atoms with Gasteiger partial charge in [0.25, 0.3) is 0 Å². The zero-order valence-corrected chi connectivity index (χ0v) is 11.7. The number of nitrogens with zero attached hydrogens (tertiary/aromatic N) is 1. The van der Waals surface area contributed by atoms with Crippen molar-refractivity contribution in [2.45, 2.75) is 26.4 Å². The van der Waals surface area contributed by atoms with E-state index in [4.69, 9.17) is 9.47 Å². The molecule has 0 saturated carbocycles. The minimum atomic E-state index is -0.570. The number of hydrogen-bond donors (Lipinski definition) is 1. The van der Waals surface area contributed by atoms with Crippen LogP contribution < -0.4 is 9.47 Å². The van der Waals surface area contributed by atoms with E-state index in [0.717, 1.165) is 17.9 Å². The Morgan fingerprint density at radius 3 is 2.25 bits per heavy atom. The van der Waals surface area contributed by atoms with Gasteiger partial charge in [0.15, 0.2) is 0 Å². The van der Waals surface area contributed by atoms with Gasteiger partial charge in [-0.15, -0.1) is 0 Å². The minimum Gasteiger partial charge on any atom is -0.494 e. The summed E-state index contributed by atoms with van der Waals surface area (Å²) in [5, 5.41) is 9.39. The molecule has 0 spiro atoms. The van der Waals surface area contributed by atoms with E-state index < -0.39 is 6.10 Å². The fourth-order valence-electron chi connectivity index (χ4n) is 1.66. The highest BCUT2D eigenvalue weighted by Gasteiger charge is 2.03. The number of pyridine rings is 1. The van der Waals surface area contributed by atoms with Gasteiger partial charge in [0.05, 0.1) is 24.6 Å². The highest BCUT2D eigenvalue weighted by molar-refractivity contribution is 5.34. The molecule has 0 fully saturated rings. The lowest BCUT2D eigenvalue weighted by Gasteiger charge is -2.08. The van der Waals surface area contributed by atoms with Crippen molar-refractivity contribution in [2.24, 2.45) is 0 Å². The van der Waals surface area contributed by atoms with E-state index >= 15 is 0 Å². The maximum atomic E-state index is 9.39. The minimum absolute atomic E-state index is 0.570. The number of aliphatic hydroxyl groups excluding tert-OH is 1. The first kappa shape index (κ1) is 14.3. The Morgan fingerprint density at radius 1 is 1.05 bits per heavy atom. The quantitative estimate of drug-likeness (QED) is 0.871. The summed E-state index contributed by atoms with van der Waals surface area (Å²) in [5.74, 6) is 2.19. The summed E-state index contributed by atoms with van der Waals surface area (Å²) in [4.78, 5) is 4.13. The maximum Gasteiger partial charge on any atom is 0.145 e. The molecule has 0 bridgehead atoms. The van der Waals surface area contributed by atoms with Crippen molar-refractivity contribution in [3.8, 4) is 17.2 Å². The second kappa shape index (κ2) is 6.91. The van der Waals surface area contributed by atoms with Crippen molar-refractivity contribution in [3.05, 3.63) is 48.3 Å². The van der Waals surface area contributed by atoms with E-state index in [2.05, 4.69) is 11.9 Å². The lowest BCUT2D eigenvalue weighted by atomic mass is 10.2. The summed E-state index contributed by atoms with van der Waals surface area (Å²) in [5.41, 5.74) is 0.626. The number of aliphatic hydroxyl groups is 1. The SMILES string of the molecule is CCCOc1ccc(Oc2ccc([C@H](C)O)nc2)cc1. The van der Waals surface area contributed by atoms with Crippen molar-refractivity contribution >= 4 is 0 Å². The highest BCUT2D eigenvalue weighted by Crippen LogP contribution is 2.24. The largest absolute Gasteiger partial charge is 0.494 e. The Balaban J connectivity index is 1.98. The smallest absolute Gasteiger partial charge is 0.145 e. The molecule has 0 aliphatic carbocycles. The molecular formula is C16H19NO3. The van der Waals surface area contributed by atoms with Gasteiger partial charge in [0.1, 0.15) is 17.2 Å². The predicted molar refractivity (Wildman–Crippen MR) is 77.2 cm³/mol. The van der Waals surface area contributed by atoms with E-state index in [0.29, 0.717) is 18.1 Å². The maximum absolute atomic E-state index is 9.39. The fourth-order valence-corrected chi connectivity index (χ4v) is 1.66. The molecule has 1 heterocycles. The first-order chi connectivity index (χ1) is 9.69. The van der Waals surface area contributed by atoms with Gasteiger partial charge in [0, 0.05) is 0 Å². The molecule has 2 rings (SSSR count). The van der Waals surface area contributed by atoms with Gasteiger partial charge >= 0.3 is 0 Å². The topological polar surface area (TPSA) is 51.6 Å². The average Bonchev–Trinajstić information content (AvgIpc) is 2.47. The lowest BCUT2D eigenvalue weighted by Crippen LogP contribution is -1.96. The second-order valence-electron chi connectivity index (χ2n) is 4.52. The molecule has 2 aromatic rings. The molecule has 4 heteroatoms. The second-order valence-corrected chi connectivity index (χ2v) is 4.52. The van der Waals surface area contributed by atoms with Gasteiger partial charge in [-0.25, -0.2) is 0 Å². The molecule has 0 radical (unpaired) electrons. The first-order valence-electron chi connectivity index (χ1n) is 6.73. The van der Waals surface area contributed by atoms with E-state index in [1.165, 1.54) is 0 Å². The van der Waals surface area contributed by atoms with Crippen molar-refractivity contribution in [1.29, 1.82) is 0 Å². The third-order valence-corrected chi connectivity index (χ3v) is 2.72. The first-order valence-corrected chi connectivity index (χ1v) is 6.73. The standard InChI is InChI=1S/C16H19NO3/c1-3-10-19-13-4-6-14(7-5-13)20-15-8-9-16(12(2)18)17-11-15/h4-9,11-12,18H,3,10H2,1-2H3/t12-/m0/s1. The Kier molecular flexibility index (Phi) is 4.96. The van der Waals surface area contributed by atoms with E-state index in [-0.39, 0.29) is 0 Å². The summed E-state index contributed by atoms with van der Waals surface area (Å²) in [6, 6.07) is 11.0. The van der Waals surface area contributed by atoms with Crippen LogP contribution in [0.15, 0.2) is 42.6 Å². The number of benzene rings is 1. The van der Waals surface area contributed by atoms with Crippen LogP contribution in [0.2, 0.25) is 0 Å². The van der Waals surface area contributed by atoms with Gasteiger partial charge in [-0.1, -0.05) is 6.92 Å². The summed E-state index contributed by atoms with van der Waals surface area (Å²) >= 11 is 0. The Hall–Kier alpha value is -2.07. The summed E-state index contributed by atoms with van der Waals surface area (Å²) in [6.45, 7) is 4.46. The van der Waals surface area contributed by atoms with Gasteiger partial charge < -0.3 is 14.6 Å². The van der Waals surface area contributed by atoms with Gasteiger partial charge in [-0.05, 0) is 49.7 Å². The van der Waals surface area contributed by atoms with Crippen LogP contribution in [-0.2, 0) is 0 Å². The van der Waals surface area contributed by atoms with Gasteiger partial charge in [0.2, 0.25) is 0 Å². The number of hydrogen-bond acceptors (Lipinski definition) is 4. The van der Waals surface area contributed by atoms with E-state index in [1.54, 1.807) is 25.3 Å². The summed E-state index contributed by atoms with van der Waals surface area (Å²) < 4.78 is 11.2. The van der Waals surface area contributed by atoms with Crippen molar-refractivity contribution in [2.75, 3.05) is 6.61 Å². The molecule has 20 heavy (non-hydrogen) atoms. The van der Waals surface area contributed by atoms with Crippen LogP contribution in [0.4, 0.5) is 0 Å². The molecule has 1 atom stereocenters. The van der Waals surface area contributed by atoms with Crippen molar-refractivity contribution in [3.63, 3.8) is 0 Å². The van der Waals surface area contributed by atoms with Crippen LogP contribution >= 0.6 is 0 Å². The lowest BCUT2D eigenvalue weighted by molar-refractivity contribution is 0.194. The van der Waals surface area contributed by atoms with Gasteiger partial charge in [-0.3, -0.25) is 4.98 Å². The normalized spacial score (nSPS) is 11.9. The zero-order chi connectivity index (χ0) is 14.4. The van der Waals surface area contributed by atoms with Crippen molar-refractivity contribution < 1.29 is 14.6 Å². The zero-order valence-electron chi connectivity index (χ0n) is 11.7. The molecule has 0 amide bonds.